The van der Waals surface area contributed by atoms with Crippen LogP contribution in [0.2, 0.25) is 0 Å². The first-order chi connectivity index (χ1) is 14.4. The van der Waals surface area contributed by atoms with Crippen molar-refractivity contribution in [3.63, 3.8) is 0 Å². The predicted molar refractivity (Wildman–Crippen MR) is 117 cm³/mol. The average molecular weight is 474 g/mol. The van der Waals surface area contributed by atoms with Gasteiger partial charge in [0.15, 0.2) is 0 Å². The summed E-state index contributed by atoms with van der Waals surface area (Å²) in [5, 5.41) is 3.58. The lowest BCUT2D eigenvalue weighted by Gasteiger charge is -2.36. The van der Waals surface area contributed by atoms with Gasteiger partial charge in [-0.2, -0.15) is 0 Å². The molecule has 6 nitrogen and oxygen atoms in total. The van der Waals surface area contributed by atoms with Gasteiger partial charge >= 0.3 is 5.97 Å². The Morgan fingerprint density at radius 1 is 1.30 bits per heavy atom. The molecule has 0 bridgehead atoms. The minimum atomic E-state index is -0.565. The summed E-state index contributed by atoms with van der Waals surface area (Å²) < 4.78 is 19.3. The van der Waals surface area contributed by atoms with Gasteiger partial charge in [-0.15, -0.1) is 0 Å². The Balaban J connectivity index is 1.64. The molecule has 1 aliphatic rings. The number of H-pyrrole nitrogens is 1. The highest BCUT2D eigenvalue weighted by molar-refractivity contribution is 9.10. The molecule has 0 aliphatic carbocycles. The molecule has 0 spiro atoms. The van der Waals surface area contributed by atoms with Gasteiger partial charge in [0.2, 0.25) is 5.91 Å². The Hall–Kier alpha value is -2.87. The van der Waals surface area contributed by atoms with Crippen LogP contribution in [0.25, 0.3) is 10.9 Å². The van der Waals surface area contributed by atoms with Gasteiger partial charge in [-0.25, -0.2) is 9.18 Å². The number of ether oxygens (including phenoxy) is 1. The molecule has 0 fully saturated rings. The van der Waals surface area contributed by atoms with E-state index in [2.05, 4.69) is 26.2 Å². The fraction of sp³-hybridized carbons (Fsp3) is 0.273. The van der Waals surface area contributed by atoms with Crippen LogP contribution < -0.4 is 10.2 Å². The number of fused-ring (bicyclic) bond motifs is 2. The van der Waals surface area contributed by atoms with E-state index in [4.69, 9.17) is 4.74 Å². The molecule has 1 atom stereocenters. The molecule has 2 N–H and O–H groups in total. The topological polar surface area (TPSA) is 74.4 Å². The number of esters is 1. The number of aromatic nitrogens is 1. The van der Waals surface area contributed by atoms with Gasteiger partial charge in [0.05, 0.1) is 19.3 Å². The van der Waals surface area contributed by atoms with E-state index in [1.54, 1.807) is 6.07 Å². The molecule has 3 aromatic rings. The first-order valence-corrected chi connectivity index (χ1v) is 10.4. The number of benzene rings is 2. The van der Waals surface area contributed by atoms with Gasteiger partial charge in [-0.05, 0) is 61.7 Å². The fourth-order valence-corrected chi connectivity index (χ4v) is 4.28. The minimum Gasteiger partial charge on any atom is -0.464 e. The summed E-state index contributed by atoms with van der Waals surface area (Å²) in [6.45, 7) is 2.13. The van der Waals surface area contributed by atoms with E-state index < -0.39 is 5.97 Å². The van der Waals surface area contributed by atoms with Crippen molar-refractivity contribution >= 4 is 50.1 Å². The summed E-state index contributed by atoms with van der Waals surface area (Å²) in [6.07, 6.45) is 1.60. The number of anilines is 2. The summed E-state index contributed by atoms with van der Waals surface area (Å²) in [6, 6.07) is 10.3. The van der Waals surface area contributed by atoms with Gasteiger partial charge in [0, 0.05) is 27.1 Å². The van der Waals surface area contributed by atoms with Crippen molar-refractivity contribution in [2.75, 3.05) is 23.9 Å². The number of hydrogen-bond acceptors (Lipinski definition) is 4. The number of methoxy groups -OCH3 is 1. The molecule has 156 valence electrons. The van der Waals surface area contributed by atoms with Gasteiger partial charge in [0.25, 0.3) is 0 Å². The van der Waals surface area contributed by atoms with Crippen molar-refractivity contribution in [3.8, 4) is 0 Å². The summed E-state index contributed by atoms with van der Waals surface area (Å²) >= 11 is 3.43. The SMILES string of the molecule is COC(=O)c1[nH]c2ccc(Br)cc2c1NC(=O)CN1c2ccc(F)cc2CC[C@H]1C. The van der Waals surface area contributed by atoms with Gasteiger partial charge in [-0.1, -0.05) is 15.9 Å². The van der Waals surface area contributed by atoms with Crippen molar-refractivity contribution < 1.29 is 18.7 Å². The van der Waals surface area contributed by atoms with Crippen molar-refractivity contribution in [2.24, 2.45) is 0 Å². The Morgan fingerprint density at radius 2 is 2.10 bits per heavy atom. The molecule has 1 amide bonds. The van der Waals surface area contributed by atoms with Gasteiger partial charge < -0.3 is 19.9 Å². The van der Waals surface area contributed by atoms with Crippen LogP contribution in [0.5, 0.6) is 0 Å². The highest BCUT2D eigenvalue weighted by Crippen LogP contribution is 2.33. The number of nitrogens with zero attached hydrogens (tertiary/aromatic N) is 1. The van der Waals surface area contributed by atoms with Gasteiger partial charge in [0.1, 0.15) is 11.5 Å². The molecular formula is C22H21BrFN3O3. The molecule has 0 radical (unpaired) electrons. The van der Waals surface area contributed by atoms with Crippen LogP contribution in [0.3, 0.4) is 0 Å². The molecule has 0 unspecified atom stereocenters. The number of halogens is 2. The number of carbonyl (C=O) groups is 2. The largest absolute Gasteiger partial charge is 0.464 e. The number of rotatable bonds is 4. The fourth-order valence-electron chi connectivity index (χ4n) is 3.92. The van der Waals surface area contributed by atoms with E-state index in [1.807, 2.05) is 30.0 Å². The van der Waals surface area contributed by atoms with Crippen LogP contribution in [0.4, 0.5) is 15.8 Å². The smallest absolute Gasteiger partial charge is 0.356 e. The standard InChI is InChI=1S/C22H21BrFN3O3/c1-12-3-4-13-9-15(24)6-8-18(13)27(12)11-19(28)26-20-16-10-14(23)5-7-17(16)25-21(20)22(29)30-2/h5-10,12,25H,3-4,11H2,1-2H3,(H,26,28)/t12-/m1/s1. The second-order valence-electron chi connectivity index (χ2n) is 7.39. The maximum atomic E-state index is 13.6. The summed E-state index contributed by atoms with van der Waals surface area (Å²) in [4.78, 5) is 30.2. The van der Waals surface area contributed by atoms with E-state index in [-0.39, 0.29) is 30.0 Å². The monoisotopic (exact) mass is 473 g/mol. The zero-order valence-corrected chi connectivity index (χ0v) is 18.2. The van der Waals surface area contributed by atoms with Crippen LogP contribution in [0.15, 0.2) is 40.9 Å². The lowest BCUT2D eigenvalue weighted by molar-refractivity contribution is -0.115. The minimum absolute atomic E-state index is 0.0844. The molecule has 2 heterocycles. The number of carbonyl (C=O) groups excluding carboxylic acids is 2. The van der Waals surface area contributed by atoms with Crippen molar-refractivity contribution in [2.45, 2.75) is 25.8 Å². The first kappa shape index (κ1) is 20.4. The highest BCUT2D eigenvalue weighted by Gasteiger charge is 2.27. The zero-order chi connectivity index (χ0) is 21.4. The Bertz CT molecular complexity index is 1140. The Morgan fingerprint density at radius 3 is 2.87 bits per heavy atom. The maximum absolute atomic E-state index is 13.6. The van der Waals surface area contributed by atoms with E-state index in [9.17, 15) is 14.0 Å². The molecule has 1 aliphatic heterocycles. The normalized spacial score (nSPS) is 15.7. The third-order valence-electron chi connectivity index (χ3n) is 5.44. The van der Waals surface area contributed by atoms with Crippen molar-refractivity contribution in [3.05, 3.63) is 57.9 Å². The quantitative estimate of drug-likeness (QED) is 0.541. The average Bonchev–Trinajstić information content (AvgIpc) is 3.07. The number of aryl methyl sites for hydroxylation is 1. The molecule has 30 heavy (non-hydrogen) atoms. The molecule has 1 aromatic heterocycles. The number of amides is 1. The van der Waals surface area contributed by atoms with Crippen molar-refractivity contribution in [1.29, 1.82) is 0 Å². The first-order valence-electron chi connectivity index (χ1n) is 9.62. The zero-order valence-electron chi connectivity index (χ0n) is 16.6. The summed E-state index contributed by atoms with van der Waals surface area (Å²) in [5.74, 6) is -1.12. The summed E-state index contributed by atoms with van der Waals surface area (Å²) in [5.41, 5.74) is 3.04. The number of aromatic amines is 1. The molecule has 0 saturated heterocycles. The summed E-state index contributed by atoms with van der Waals surface area (Å²) in [7, 11) is 1.29. The van der Waals surface area contributed by atoms with Crippen LogP contribution in [-0.2, 0) is 16.0 Å². The van der Waals surface area contributed by atoms with Crippen LogP contribution in [0.1, 0.15) is 29.4 Å². The van der Waals surface area contributed by atoms with Crippen molar-refractivity contribution in [1.82, 2.24) is 4.98 Å². The Kier molecular flexibility index (Phi) is 5.51. The van der Waals surface area contributed by atoms with E-state index in [0.717, 1.165) is 28.6 Å². The van der Waals surface area contributed by atoms with Gasteiger partial charge in [-0.3, -0.25) is 4.79 Å². The molecule has 8 heteroatoms. The number of hydrogen-bond donors (Lipinski definition) is 2. The highest BCUT2D eigenvalue weighted by atomic mass is 79.9. The van der Waals surface area contributed by atoms with Crippen LogP contribution in [0, 0.1) is 5.82 Å². The molecule has 2 aromatic carbocycles. The van der Waals surface area contributed by atoms with E-state index >= 15 is 0 Å². The van der Waals surface area contributed by atoms with Crippen LogP contribution in [-0.4, -0.2) is 36.6 Å². The second-order valence-corrected chi connectivity index (χ2v) is 8.31. The van der Waals surface area contributed by atoms with E-state index in [0.29, 0.717) is 16.6 Å². The molecule has 4 rings (SSSR count). The maximum Gasteiger partial charge on any atom is 0.356 e. The molecular weight excluding hydrogens is 453 g/mol. The molecule has 0 saturated carbocycles. The predicted octanol–water partition coefficient (Wildman–Crippen LogP) is 4.64. The third kappa shape index (κ3) is 3.79. The lowest BCUT2D eigenvalue weighted by atomic mass is 9.96. The third-order valence-corrected chi connectivity index (χ3v) is 5.94. The second kappa shape index (κ2) is 8.10. The van der Waals surface area contributed by atoms with Crippen LogP contribution >= 0.6 is 15.9 Å². The lowest BCUT2D eigenvalue weighted by Crippen LogP contribution is -2.42. The Labute approximate surface area is 181 Å². The number of nitrogens with one attached hydrogen (secondary N) is 2. The van der Waals surface area contributed by atoms with E-state index in [1.165, 1.54) is 19.2 Å².